The van der Waals surface area contributed by atoms with Crippen molar-refractivity contribution < 1.29 is 12.6 Å². The van der Waals surface area contributed by atoms with Crippen LogP contribution in [-0.4, -0.2) is 64.1 Å². The molecule has 14 heavy (non-hydrogen) atoms. The van der Waals surface area contributed by atoms with Gasteiger partial charge in [-0.25, -0.2) is 8.42 Å². The minimum atomic E-state index is -2.68. The molecule has 0 bridgehead atoms. The molecule has 0 saturated carbocycles. The van der Waals surface area contributed by atoms with Crippen LogP contribution in [0.1, 0.15) is 6.92 Å². The second-order valence-corrected chi connectivity index (χ2v) is 4.04. The van der Waals surface area contributed by atoms with Crippen LogP contribution in [0.25, 0.3) is 0 Å². The van der Waals surface area contributed by atoms with Crippen molar-refractivity contribution in [1.29, 1.82) is 0 Å². The van der Waals surface area contributed by atoms with E-state index in [4.69, 9.17) is 0 Å². The van der Waals surface area contributed by atoms with Crippen LogP contribution in [0.2, 0.25) is 0 Å². The molecule has 0 spiro atoms. The Kier molecular flexibility index (Phi) is 5.39. The molecule has 0 aromatic rings. The number of hydrogen-bond donors (Lipinski definition) is 1. The predicted octanol–water partition coefficient (Wildman–Crippen LogP) is -0.833. The largest absolute Gasteiger partial charge is 0.301 e. The van der Waals surface area contributed by atoms with Crippen molar-refractivity contribution in [2.24, 2.45) is 0 Å². The van der Waals surface area contributed by atoms with Gasteiger partial charge in [0.05, 0.1) is 6.61 Å². The lowest BCUT2D eigenvalue weighted by molar-refractivity contribution is 0.123. The van der Waals surface area contributed by atoms with Crippen LogP contribution in [0, 0.1) is 0 Å². The van der Waals surface area contributed by atoms with Gasteiger partial charge >= 0.3 is 0 Å². The number of thiol groups is 1. The number of nitrogens with zero attached hydrogens (tertiary/aromatic N) is 2. The third kappa shape index (κ3) is 4.36. The van der Waals surface area contributed by atoms with Crippen LogP contribution in [0.4, 0.5) is 0 Å². The molecule has 0 N–H and O–H groups in total. The van der Waals surface area contributed by atoms with Crippen LogP contribution in [0.15, 0.2) is 0 Å². The molecule has 0 unspecified atom stereocenters. The van der Waals surface area contributed by atoms with E-state index in [2.05, 4.69) is 20.9 Å². The quantitative estimate of drug-likeness (QED) is 0.615. The summed E-state index contributed by atoms with van der Waals surface area (Å²) in [4.78, 5) is 4.61. The molecule has 0 radical (unpaired) electrons. The van der Waals surface area contributed by atoms with Gasteiger partial charge in [0.15, 0.2) is 0 Å². The van der Waals surface area contributed by atoms with Gasteiger partial charge in [-0.2, -0.15) is 0 Å². The van der Waals surface area contributed by atoms with E-state index in [-0.39, 0.29) is 6.61 Å². The highest BCUT2D eigenvalue weighted by atomic mass is 32.2. The van der Waals surface area contributed by atoms with E-state index in [1.54, 1.807) is 0 Å². The first-order valence-electron chi connectivity index (χ1n) is 4.94. The molecule has 6 heteroatoms. The van der Waals surface area contributed by atoms with E-state index < -0.39 is 11.0 Å². The number of piperazine rings is 1. The van der Waals surface area contributed by atoms with Crippen molar-refractivity contribution in [3.05, 3.63) is 0 Å². The van der Waals surface area contributed by atoms with Crippen LogP contribution >= 0.6 is 0 Å². The fourth-order valence-corrected chi connectivity index (χ4v) is 1.80. The first kappa shape index (κ1) is 11.9. The second-order valence-electron chi connectivity index (χ2n) is 3.33. The maximum Gasteiger partial charge on any atom is 0.257 e. The topological polar surface area (TPSA) is 49.9 Å². The van der Waals surface area contributed by atoms with E-state index >= 15 is 0 Å². The van der Waals surface area contributed by atoms with E-state index in [0.29, 0.717) is 6.54 Å². The molecular formula is C8H18N2O3S. The molecule has 0 aromatic carbocycles. The van der Waals surface area contributed by atoms with Crippen molar-refractivity contribution in [2.45, 2.75) is 6.92 Å². The zero-order chi connectivity index (χ0) is 10.4. The normalized spacial score (nSPS) is 20.4. The zero-order valence-corrected chi connectivity index (χ0v) is 9.41. The summed E-state index contributed by atoms with van der Waals surface area (Å²) in [7, 11) is -2.68. The molecule has 5 nitrogen and oxygen atoms in total. The first-order chi connectivity index (χ1) is 6.72. The van der Waals surface area contributed by atoms with Crippen molar-refractivity contribution in [3.8, 4) is 0 Å². The maximum atomic E-state index is 10.1. The Morgan fingerprint density at radius 3 is 2.21 bits per heavy atom. The van der Waals surface area contributed by atoms with Crippen molar-refractivity contribution in [3.63, 3.8) is 0 Å². The molecule has 84 valence electrons. The number of hydrogen-bond acceptors (Lipinski definition) is 5. The summed E-state index contributed by atoms with van der Waals surface area (Å²) in [6.45, 7) is 8.39. The van der Waals surface area contributed by atoms with Crippen LogP contribution in [0.5, 0.6) is 0 Å². The Hall–Kier alpha value is -0.170. The monoisotopic (exact) mass is 222 g/mol. The highest BCUT2D eigenvalue weighted by Gasteiger charge is 2.14. The van der Waals surface area contributed by atoms with Gasteiger partial charge in [0.25, 0.3) is 11.0 Å². The fourth-order valence-electron chi connectivity index (χ4n) is 1.57. The van der Waals surface area contributed by atoms with Gasteiger partial charge in [-0.15, -0.1) is 0 Å². The highest BCUT2D eigenvalue weighted by molar-refractivity contribution is 7.67. The van der Waals surface area contributed by atoms with Gasteiger partial charge in [-0.1, -0.05) is 6.92 Å². The second kappa shape index (κ2) is 6.34. The lowest BCUT2D eigenvalue weighted by Crippen LogP contribution is -2.46. The van der Waals surface area contributed by atoms with Gasteiger partial charge in [-0.05, 0) is 6.54 Å². The molecule has 1 aliphatic heterocycles. The summed E-state index contributed by atoms with van der Waals surface area (Å²) in [6.07, 6.45) is 0. The van der Waals surface area contributed by atoms with Gasteiger partial charge in [0.1, 0.15) is 0 Å². The van der Waals surface area contributed by atoms with E-state index in [1.165, 1.54) is 0 Å². The van der Waals surface area contributed by atoms with Gasteiger partial charge in [0, 0.05) is 32.7 Å². The van der Waals surface area contributed by atoms with Crippen LogP contribution < -0.4 is 0 Å². The van der Waals surface area contributed by atoms with Crippen LogP contribution in [0.3, 0.4) is 0 Å². The predicted molar refractivity (Wildman–Crippen MR) is 54.8 cm³/mol. The van der Waals surface area contributed by atoms with Gasteiger partial charge < -0.3 is 4.90 Å². The molecule has 0 atom stereocenters. The smallest absolute Gasteiger partial charge is 0.257 e. The third-order valence-electron chi connectivity index (χ3n) is 2.52. The Bertz CT molecular complexity index is 217. The molecular weight excluding hydrogens is 204 g/mol. The Balaban J connectivity index is 2.10. The first-order valence-corrected chi connectivity index (χ1v) is 6.04. The summed E-state index contributed by atoms with van der Waals surface area (Å²) in [5.41, 5.74) is 0. The summed E-state index contributed by atoms with van der Waals surface area (Å²) in [5, 5.41) is 0. The highest BCUT2D eigenvalue weighted by Crippen LogP contribution is 2.00. The lowest BCUT2D eigenvalue weighted by atomic mass is 10.3. The maximum absolute atomic E-state index is 10.1. The fraction of sp³-hybridized carbons (Fsp3) is 1.00. The standard InChI is InChI=1S/C8H18N2O3S/c1-2-9-3-5-10(6-4-9)7-8-13-14(11)12/h14H,2-8H2,1H3. The molecule has 0 aromatic heterocycles. The molecule has 1 heterocycles. The van der Waals surface area contributed by atoms with E-state index in [1.807, 2.05) is 0 Å². The Morgan fingerprint density at radius 1 is 1.14 bits per heavy atom. The zero-order valence-electron chi connectivity index (χ0n) is 8.52. The Labute approximate surface area is 86.8 Å². The molecule has 1 saturated heterocycles. The van der Waals surface area contributed by atoms with Crippen molar-refractivity contribution in [1.82, 2.24) is 9.80 Å². The Morgan fingerprint density at radius 2 is 1.71 bits per heavy atom. The molecule has 1 fully saturated rings. The summed E-state index contributed by atoms with van der Waals surface area (Å²) in [5.74, 6) is 0. The van der Waals surface area contributed by atoms with Crippen molar-refractivity contribution >= 4 is 11.0 Å². The molecule has 1 rings (SSSR count). The third-order valence-corrected chi connectivity index (χ3v) is 2.91. The summed E-state index contributed by atoms with van der Waals surface area (Å²) >= 11 is 0. The minimum Gasteiger partial charge on any atom is -0.301 e. The van der Waals surface area contributed by atoms with Gasteiger partial charge in [0.2, 0.25) is 0 Å². The van der Waals surface area contributed by atoms with E-state index in [9.17, 15) is 8.42 Å². The molecule has 0 amide bonds. The van der Waals surface area contributed by atoms with Gasteiger partial charge in [-0.3, -0.25) is 9.08 Å². The van der Waals surface area contributed by atoms with Crippen molar-refractivity contribution in [2.75, 3.05) is 45.9 Å². The van der Waals surface area contributed by atoms with E-state index in [0.717, 1.165) is 32.7 Å². The SMILES string of the molecule is CCN1CCN(CCO[SH](=O)=O)CC1. The summed E-state index contributed by atoms with van der Waals surface area (Å²) in [6, 6.07) is 0. The van der Waals surface area contributed by atoms with Crippen LogP contribution in [-0.2, 0) is 15.2 Å². The number of rotatable bonds is 5. The average molecular weight is 222 g/mol. The summed E-state index contributed by atoms with van der Waals surface area (Å²) < 4.78 is 24.8. The lowest BCUT2D eigenvalue weighted by Gasteiger charge is -2.33. The number of likely N-dealkylation sites (N-methyl/N-ethyl adjacent to an activating group) is 1. The average Bonchev–Trinajstić information content (AvgIpc) is 2.18. The molecule has 1 aliphatic rings. The molecule has 0 aliphatic carbocycles. The minimum absolute atomic E-state index is 0.283.